The minimum Gasteiger partial charge on any atom is -0.360 e. The number of fused-ring (bicyclic) bond motifs is 1. The fourth-order valence-corrected chi connectivity index (χ4v) is 1.70. The van der Waals surface area contributed by atoms with Crippen LogP contribution in [0.4, 0.5) is 0 Å². The molecule has 0 atom stereocenters. The van der Waals surface area contributed by atoms with E-state index in [4.69, 9.17) is 17.5 Å². The number of halogens is 1. The molecule has 0 spiro atoms. The highest BCUT2D eigenvalue weighted by Crippen LogP contribution is 2.26. The van der Waals surface area contributed by atoms with Crippen molar-refractivity contribution in [1.82, 2.24) is 4.98 Å². The summed E-state index contributed by atoms with van der Waals surface area (Å²) in [5.41, 5.74) is 1.99. The lowest BCUT2D eigenvalue weighted by molar-refractivity contribution is 0.125. The maximum absolute atomic E-state index is 5.99. The third-order valence-electron chi connectivity index (χ3n) is 1.98. The monoisotopic (exact) mass is 196 g/mol. The molecule has 0 aliphatic rings. The Balaban J connectivity index is 2.65. The maximum atomic E-state index is 5.99. The predicted molar refractivity (Wildman–Crippen MR) is 52.3 cm³/mol. The summed E-state index contributed by atoms with van der Waals surface area (Å²) < 4.78 is 0. The zero-order valence-corrected chi connectivity index (χ0v) is 7.64. The fraction of sp³-hybridized carbons (Fsp3) is 0.111. The Hall–Kier alpha value is -1.03. The second-order valence-corrected chi connectivity index (χ2v) is 3.19. The average Bonchev–Trinajstić information content (AvgIpc) is 2.50. The Bertz CT molecular complexity index is 424. The van der Waals surface area contributed by atoms with Gasteiger partial charge in [-0.25, -0.2) is 5.90 Å². The lowest BCUT2D eigenvalue weighted by Gasteiger charge is -2.00. The first kappa shape index (κ1) is 8.56. The summed E-state index contributed by atoms with van der Waals surface area (Å²) >= 11 is 5.99. The van der Waals surface area contributed by atoms with Gasteiger partial charge in [-0.3, -0.25) is 4.84 Å². The van der Waals surface area contributed by atoms with Gasteiger partial charge in [-0.1, -0.05) is 23.7 Å². The quantitative estimate of drug-likeness (QED) is 0.724. The number of nitrogens with one attached hydrogen (secondary N) is 1. The largest absolute Gasteiger partial charge is 0.360 e. The second kappa shape index (κ2) is 3.38. The fourth-order valence-electron chi connectivity index (χ4n) is 1.43. The van der Waals surface area contributed by atoms with E-state index in [1.165, 1.54) is 0 Å². The lowest BCUT2D eigenvalue weighted by atomic mass is 10.1. The van der Waals surface area contributed by atoms with E-state index in [-0.39, 0.29) is 0 Å². The van der Waals surface area contributed by atoms with Gasteiger partial charge in [0, 0.05) is 17.1 Å². The number of aromatic amines is 1. The third-order valence-corrected chi connectivity index (χ3v) is 2.28. The van der Waals surface area contributed by atoms with Crippen molar-refractivity contribution in [2.45, 2.75) is 6.61 Å². The van der Waals surface area contributed by atoms with Crippen molar-refractivity contribution >= 4 is 22.5 Å². The Morgan fingerprint density at radius 2 is 2.31 bits per heavy atom. The van der Waals surface area contributed by atoms with Crippen LogP contribution in [-0.4, -0.2) is 4.98 Å². The first-order chi connectivity index (χ1) is 6.33. The molecule has 0 saturated heterocycles. The van der Waals surface area contributed by atoms with Gasteiger partial charge in [-0.15, -0.1) is 0 Å². The molecule has 0 bridgehead atoms. The van der Waals surface area contributed by atoms with E-state index in [9.17, 15) is 0 Å². The van der Waals surface area contributed by atoms with E-state index in [1.54, 1.807) is 6.20 Å². The van der Waals surface area contributed by atoms with Gasteiger partial charge in [0.25, 0.3) is 0 Å². The van der Waals surface area contributed by atoms with Crippen LogP contribution in [0.25, 0.3) is 10.9 Å². The molecule has 2 rings (SSSR count). The molecule has 0 amide bonds. The molecule has 0 fully saturated rings. The molecule has 1 heterocycles. The van der Waals surface area contributed by atoms with Crippen molar-refractivity contribution in [1.29, 1.82) is 0 Å². The van der Waals surface area contributed by atoms with Crippen LogP contribution in [0, 0.1) is 0 Å². The van der Waals surface area contributed by atoms with Gasteiger partial charge in [0.15, 0.2) is 0 Å². The van der Waals surface area contributed by atoms with Crippen LogP contribution in [0.15, 0.2) is 24.4 Å². The molecule has 0 aliphatic heterocycles. The minimum atomic E-state index is 0.370. The van der Waals surface area contributed by atoms with Crippen molar-refractivity contribution < 1.29 is 4.84 Å². The number of hydrogen-bond donors (Lipinski definition) is 2. The molecule has 0 aliphatic carbocycles. The Labute approximate surface area is 80.4 Å². The van der Waals surface area contributed by atoms with E-state index in [0.717, 1.165) is 16.5 Å². The summed E-state index contributed by atoms with van der Waals surface area (Å²) in [7, 11) is 0. The molecule has 1 aromatic heterocycles. The van der Waals surface area contributed by atoms with Gasteiger partial charge >= 0.3 is 0 Å². The number of aromatic nitrogens is 1. The molecule has 0 saturated carbocycles. The van der Waals surface area contributed by atoms with E-state index in [0.29, 0.717) is 11.6 Å². The number of H-pyrrole nitrogens is 1. The molecule has 2 aromatic rings. The highest BCUT2D eigenvalue weighted by Gasteiger charge is 2.05. The van der Waals surface area contributed by atoms with E-state index in [2.05, 4.69) is 9.82 Å². The van der Waals surface area contributed by atoms with Gasteiger partial charge < -0.3 is 4.98 Å². The summed E-state index contributed by atoms with van der Waals surface area (Å²) in [4.78, 5) is 7.65. The first-order valence-corrected chi connectivity index (χ1v) is 4.27. The van der Waals surface area contributed by atoms with Crippen molar-refractivity contribution in [2.24, 2.45) is 5.90 Å². The zero-order chi connectivity index (χ0) is 9.26. The second-order valence-electron chi connectivity index (χ2n) is 2.79. The predicted octanol–water partition coefficient (Wildman–Crippen LogP) is 2.21. The van der Waals surface area contributed by atoms with Crippen LogP contribution in [-0.2, 0) is 11.4 Å². The van der Waals surface area contributed by atoms with Crippen molar-refractivity contribution in [3.05, 3.63) is 35.0 Å². The van der Waals surface area contributed by atoms with Crippen molar-refractivity contribution in [2.75, 3.05) is 0 Å². The Morgan fingerprint density at radius 1 is 1.46 bits per heavy atom. The normalized spacial score (nSPS) is 10.9. The summed E-state index contributed by atoms with van der Waals surface area (Å²) in [6.45, 7) is 0.370. The summed E-state index contributed by atoms with van der Waals surface area (Å²) in [6, 6.07) is 5.83. The Morgan fingerprint density at radius 3 is 3.08 bits per heavy atom. The highest BCUT2D eigenvalue weighted by atomic mass is 35.5. The van der Waals surface area contributed by atoms with Crippen LogP contribution in [0.2, 0.25) is 5.02 Å². The molecule has 68 valence electrons. The summed E-state index contributed by atoms with van der Waals surface area (Å²) in [5, 5.41) is 1.68. The van der Waals surface area contributed by atoms with Crippen LogP contribution in [0.5, 0.6) is 0 Å². The number of nitrogens with two attached hydrogens (primary N) is 1. The van der Waals surface area contributed by atoms with E-state index < -0.39 is 0 Å². The molecule has 3 nitrogen and oxygen atoms in total. The van der Waals surface area contributed by atoms with Crippen LogP contribution in [0.1, 0.15) is 5.56 Å². The van der Waals surface area contributed by atoms with Gasteiger partial charge in [-0.05, 0) is 11.6 Å². The zero-order valence-electron chi connectivity index (χ0n) is 6.88. The Kier molecular flexibility index (Phi) is 2.22. The lowest BCUT2D eigenvalue weighted by Crippen LogP contribution is -1.98. The molecule has 0 unspecified atom stereocenters. The van der Waals surface area contributed by atoms with Gasteiger partial charge in [-0.2, -0.15) is 0 Å². The van der Waals surface area contributed by atoms with E-state index >= 15 is 0 Å². The maximum Gasteiger partial charge on any atom is 0.0937 e. The van der Waals surface area contributed by atoms with Gasteiger partial charge in [0.1, 0.15) is 0 Å². The van der Waals surface area contributed by atoms with E-state index in [1.807, 2.05) is 18.2 Å². The first-order valence-electron chi connectivity index (χ1n) is 3.89. The molecular weight excluding hydrogens is 188 g/mol. The SMILES string of the molecule is NOCc1cccc2[nH]cc(Cl)c12. The molecule has 13 heavy (non-hydrogen) atoms. The highest BCUT2D eigenvalue weighted by molar-refractivity contribution is 6.35. The molecule has 0 radical (unpaired) electrons. The van der Waals surface area contributed by atoms with Gasteiger partial charge in [0.05, 0.1) is 11.6 Å². The smallest absolute Gasteiger partial charge is 0.0937 e. The van der Waals surface area contributed by atoms with Crippen LogP contribution in [0.3, 0.4) is 0 Å². The van der Waals surface area contributed by atoms with Gasteiger partial charge in [0.2, 0.25) is 0 Å². The molecule has 4 heteroatoms. The molecule has 3 N–H and O–H groups in total. The molecule has 1 aromatic carbocycles. The number of hydrogen-bond acceptors (Lipinski definition) is 2. The average molecular weight is 197 g/mol. The van der Waals surface area contributed by atoms with Crippen molar-refractivity contribution in [3.63, 3.8) is 0 Å². The standard InChI is InChI=1S/C9H9ClN2O/c10-7-4-12-8-3-1-2-6(5-13-11)9(7)8/h1-4,12H,5,11H2. The van der Waals surface area contributed by atoms with Crippen LogP contribution >= 0.6 is 11.6 Å². The number of rotatable bonds is 2. The summed E-state index contributed by atoms with van der Waals surface area (Å²) in [5.74, 6) is 5.02. The molecular formula is C9H9ClN2O. The topological polar surface area (TPSA) is 51.0 Å². The summed E-state index contributed by atoms with van der Waals surface area (Å²) in [6.07, 6.45) is 1.76. The van der Waals surface area contributed by atoms with Crippen LogP contribution < -0.4 is 5.90 Å². The number of benzene rings is 1. The van der Waals surface area contributed by atoms with Crippen molar-refractivity contribution in [3.8, 4) is 0 Å². The minimum absolute atomic E-state index is 0.370. The third kappa shape index (κ3) is 1.42.